The molecule has 21 heavy (non-hydrogen) atoms. The molecule has 2 nitrogen and oxygen atoms in total. The number of rotatable bonds is 7. The van der Waals surface area contributed by atoms with E-state index in [1.165, 1.54) is 11.3 Å². The maximum Gasteiger partial charge on any atom is 0.0923 e. The number of allylic oxidation sites excluding steroid dienone is 4. The van der Waals surface area contributed by atoms with Crippen molar-refractivity contribution in [3.63, 3.8) is 0 Å². The topological polar surface area (TPSA) is 32.3 Å². The molecule has 0 saturated heterocycles. The molecule has 0 heterocycles. The summed E-state index contributed by atoms with van der Waals surface area (Å²) < 4.78 is 0. The van der Waals surface area contributed by atoms with Crippen molar-refractivity contribution >= 4 is 14.3 Å². The Bertz CT molecular complexity index is 448. The highest BCUT2D eigenvalue weighted by atomic mass is 31.1. The molecule has 0 aliphatic heterocycles. The van der Waals surface area contributed by atoms with E-state index in [-0.39, 0.29) is 0 Å². The van der Waals surface area contributed by atoms with Gasteiger partial charge >= 0.3 is 0 Å². The Balaban J connectivity index is 0.00000191. The molecule has 0 spiro atoms. The average Bonchev–Trinajstić information content (AvgIpc) is 2.52. The Morgan fingerprint density at radius 2 is 1.95 bits per heavy atom. The summed E-state index contributed by atoms with van der Waals surface area (Å²) in [7, 11) is 0.901. The van der Waals surface area contributed by atoms with Gasteiger partial charge in [-0.3, -0.25) is 0 Å². The van der Waals surface area contributed by atoms with Crippen LogP contribution in [0.2, 0.25) is 0 Å². The van der Waals surface area contributed by atoms with Gasteiger partial charge in [-0.1, -0.05) is 44.2 Å². The van der Waals surface area contributed by atoms with Crippen LogP contribution in [0.3, 0.4) is 0 Å². The molecule has 118 valence electrons. The third-order valence-electron chi connectivity index (χ3n) is 2.97. The van der Waals surface area contributed by atoms with Crippen molar-refractivity contribution in [2.75, 3.05) is 18.3 Å². The van der Waals surface area contributed by atoms with Gasteiger partial charge in [0, 0.05) is 12.0 Å². The maximum atomic E-state index is 9.65. The molecule has 1 unspecified atom stereocenters. The Hall–Kier alpha value is -1.27. The highest BCUT2D eigenvalue weighted by Gasteiger charge is 2.03. The molecule has 2 N–H and O–H groups in total. The Morgan fingerprint density at radius 3 is 2.52 bits per heavy atom. The minimum absolute atomic E-state index is 0.415. The molecule has 3 heteroatoms. The van der Waals surface area contributed by atoms with Crippen LogP contribution < -0.4 is 5.32 Å². The number of aliphatic hydroxyl groups excluding tert-OH is 1. The number of benzene rings is 1. The zero-order valence-corrected chi connectivity index (χ0v) is 15.0. The van der Waals surface area contributed by atoms with Crippen LogP contribution in [0.5, 0.6) is 0 Å². The smallest absolute Gasteiger partial charge is 0.0923 e. The van der Waals surface area contributed by atoms with Gasteiger partial charge in [0.15, 0.2) is 0 Å². The largest absolute Gasteiger partial charge is 0.512 e. The van der Waals surface area contributed by atoms with Crippen molar-refractivity contribution in [2.24, 2.45) is 0 Å². The Morgan fingerprint density at radius 1 is 1.29 bits per heavy atom. The lowest BCUT2D eigenvalue weighted by Gasteiger charge is -2.12. The first-order valence-corrected chi connectivity index (χ1v) is 9.37. The van der Waals surface area contributed by atoms with E-state index >= 15 is 0 Å². The number of aliphatic hydroxyl groups is 1. The fourth-order valence-corrected chi connectivity index (χ4v) is 2.32. The van der Waals surface area contributed by atoms with E-state index in [2.05, 4.69) is 36.2 Å². The van der Waals surface area contributed by atoms with E-state index < -0.39 is 0 Å². The van der Waals surface area contributed by atoms with E-state index in [9.17, 15) is 5.11 Å². The normalized spacial score (nSPS) is 12.2. The maximum absolute atomic E-state index is 9.65. The number of para-hydroxylation sites is 1. The first-order valence-electron chi connectivity index (χ1n) is 7.66. The van der Waals surface area contributed by atoms with Crippen molar-refractivity contribution < 1.29 is 5.11 Å². The summed E-state index contributed by atoms with van der Waals surface area (Å²) in [6.07, 6.45) is 6.77. The SMILES string of the molecule is C/C=C\C(CCc1ccccc1NCPC)=C(/C)O.CC. The molecule has 1 aromatic rings. The minimum atomic E-state index is 0.415. The van der Waals surface area contributed by atoms with E-state index in [4.69, 9.17) is 0 Å². The van der Waals surface area contributed by atoms with E-state index in [0.29, 0.717) is 5.76 Å². The van der Waals surface area contributed by atoms with Crippen LogP contribution in [-0.2, 0) is 6.42 Å². The van der Waals surface area contributed by atoms with Crippen LogP contribution >= 0.6 is 8.58 Å². The second kappa shape index (κ2) is 12.5. The van der Waals surface area contributed by atoms with Crippen LogP contribution in [0.15, 0.2) is 47.7 Å². The Labute approximate surface area is 132 Å². The standard InChI is InChI=1S/C16H24NOP.C2H6/c1-4-7-14(13(2)18)10-11-15-8-5-6-9-16(15)17-12-19-3;1-2/h4-9,17-19H,10-12H2,1-3H3;1-2H3/b7-4-,14-13-;. The third kappa shape index (κ3) is 7.92. The zero-order chi connectivity index (χ0) is 16.1. The monoisotopic (exact) mass is 307 g/mol. The first kappa shape index (κ1) is 19.7. The number of hydrogen-bond acceptors (Lipinski definition) is 2. The molecule has 0 aliphatic carbocycles. The van der Waals surface area contributed by atoms with Gasteiger partial charge in [-0.2, -0.15) is 0 Å². The second-order valence-corrected chi connectivity index (χ2v) is 5.54. The quantitative estimate of drug-likeness (QED) is 0.383. The molecule has 0 amide bonds. The lowest BCUT2D eigenvalue weighted by molar-refractivity contribution is 0.406. The van der Waals surface area contributed by atoms with Crippen molar-refractivity contribution in [3.05, 3.63) is 53.3 Å². The molecule has 1 rings (SSSR count). The van der Waals surface area contributed by atoms with Gasteiger partial charge in [0.1, 0.15) is 0 Å². The summed E-state index contributed by atoms with van der Waals surface area (Å²) in [5.74, 6) is 0.415. The summed E-state index contributed by atoms with van der Waals surface area (Å²) in [5.41, 5.74) is 3.53. The van der Waals surface area contributed by atoms with E-state index in [1.54, 1.807) is 6.92 Å². The van der Waals surface area contributed by atoms with Gasteiger partial charge in [-0.15, -0.1) is 8.58 Å². The molecule has 0 saturated carbocycles. The zero-order valence-electron chi connectivity index (χ0n) is 14.0. The average molecular weight is 307 g/mol. The second-order valence-electron chi connectivity index (χ2n) is 4.47. The lowest BCUT2D eigenvalue weighted by atomic mass is 10.0. The van der Waals surface area contributed by atoms with E-state index in [1.807, 2.05) is 32.9 Å². The van der Waals surface area contributed by atoms with Crippen LogP contribution in [0.4, 0.5) is 5.69 Å². The molecule has 0 fully saturated rings. The highest BCUT2D eigenvalue weighted by Crippen LogP contribution is 2.21. The number of hydrogen-bond donors (Lipinski definition) is 2. The van der Waals surface area contributed by atoms with Gasteiger partial charge in [-0.05, 0) is 50.6 Å². The van der Waals surface area contributed by atoms with Crippen LogP contribution in [0, 0.1) is 0 Å². The highest BCUT2D eigenvalue weighted by molar-refractivity contribution is 7.37. The molecule has 1 aromatic carbocycles. The van der Waals surface area contributed by atoms with E-state index in [0.717, 1.165) is 33.3 Å². The van der Waals surface area contributed by atoms with Gasteiger partial charge in [-0.25, -0.2) is 0 Å². The van der Waals surface area contributed by atoms with Crippen LogP contribution in [0.1, 0.15) is 39.7 Å². The third-order valence-corrected chi connectivity index (χ3v) is 3.50. The van der Waals surface area contributed by atoms with Crippen molar-refractivity contribution in [1.29, 1.82) is 0 Å². The Kier molecular flexibility index (Phi) is 11.7. The predicted octanol–water partition coefficient (Wildman–Crippen LogP) is 5.73. The minimum Gasteiger partial charge on any atom is -0.512 e. The molecule has 1 atom stereocenters. The summed E-state index contributed by atoms with van der Waals surface area (Å²) in [6, 6.07) is 8.41. The fourth-order valence-electron chi connectivity index (χ4n) is 1.95. The number of aryl methyl sites for hydroxylation is 1. The van der Waals surface area contributed by atoms with Crippen molar-refractivity contribution in [3.8, 4) is 0 Å². The summed E-state index contributed by atoms with van der Waals surface area (Å²) in [5, 5.41) is 13.1. The predicted molar refractivity (Wildman–Crippen MR) is 99.0 cm³/mol. The van der Waals surface area contributed by atoms with Gasteiger partial charge in [0.25, 0.3) is 0 Å². The van der Waals surface area contributed by atoms with Crippen LogP contribution in [-0.4, -0.2) is 18.1 Å². The molecule has 0 aliphatic rings. The lowest BCUT2D eigenvalue weighted by Crippen LogP contribution is -2.00. The molecule has 0 radical (unpaired) electrons. The fraction of sp³-hybridized carbons (Fsp3) is 0.444. The molecular formula is C18H30NOP. The summed E-state index contributed by atoms with van der Waals surface area (Å²) >= 11 is 0. The molecule has 0 bridgehead atoms. The van der Waals surface area contributed by atoms with Gasteiger partial charge in [0.2, 0.25) is 0 Å². The van der Waals surface area contributed by atoms with Gasteiger partial charge in [0.05, 0.1) is 5.76 Å². The summed E-state index contributed by atoms with van der Waals surface area (Å²) in [4.78, 5) is 0. The molecule has 0 aromatic heterocycles. The van der Waals surface area contributed by atoms with Crippen molar-refractivity contribution in [2.45, 2.75) is 40.5 Å². The van der Waals surface area contributed by atoms with Gasteiger partial charge < -0.3 is 10.4 Å². The van der Waals surface area contributed by atoms with Crippen LogP contribution in [0.25, 0.3) is 0 Å². The number of anilines is 1. The number of nitrogens with one attached hydrogen (secondary N) is 1. The summed E-state index contributed by atoms with van der Waals surface area (Å²) in [6.45, 7) is 9.91. The first-order chi connectivity index (χ1) is 10.2. The van der Waals surface area contributed by atoms with Crippen molar-refractivity contribution in [1.82, 2.24) is 0 Å². The molecular weight excluding hydrogens is 277 g/mol.